The normalized spacial score (nSPS) is 11.6. The summed E-state index contributed by atoms with van der Waals surface area (Å²) in [6.07, 6.45) is -0.0585. The van der Waals surface area contributed by atoms with E-state index < -0.39 is 47.9 Å². The summed E-state index contributed by atoms with van der Waals surface area (Å²) in [5, 5.41) is 22.7. The van der Waals surface area contributed by atoms with Gasteiger partial charge in [0, 0.05) is 18.2 Å². The molecule has 0 spiro atoms. The minimum atomic E-state index is -1.43. The minimum absolute atomic E-state index is 0.0209. The molecule has 202 valence electrons. The average molecular weight is 527 g/mol. The van der Waals surface area contributed by atoms with Gasteiger partial charge in [-0.2, -0.15) is 0 Å². The maximum Gasteiger partial charge on any atom is 0.408 e. The molecule has 0 aliphatic rings. The van der Waals surface area contributed by atoms with E-state index >= 15 is 0 Å². The molecule has 2 aromatic carbocycles. The highest BCUT2D eigenvalue weighted by atomic mass is 16.6. The van der Waals surface area contributed by atoms with Crippen molar-refractivity contribution >= 4 is 29.9 Å². The zero-order valence-electron chi connectivity index (χ0n) is 20.6. The molecule has 2 rings (SSSR count). The van der Waals surface area contributed by atoms with Crippen molar-refractivity contribution in [2.45, 2.75) is 44.9 Å². The Morgan fingerprint density at radius 3 is 1.95 bits per heavy atom. The topological polar surface area (TPSA) is 168 Å². The third kappa shape index (κ3) is 11.8. The van der Waals surface area contributed by atoms with E-state index in [4.69, 9.17) is 19.7 Å². The Balaban J connectivity index is 1.88. The Morgan fingerprint density at radius 1 is 0.816 bits per heavy atom. The largest absolute Gasteiger partial charge is 0.481 e. The number of aliphatic carboxylic acids is 2. The van der Waals surface area contributed by atoms with Crippen LogP contribution in [0.4, 0.5) is 4.79 Å². The molecule has 11 nitrogen and oxygen atoms in total. The van der Waals surface area contributed by atoms with Crippen LogP contribution >= 0.6 is 0 Å². The molecular weight excluding hydrogens is 496 g/mol. The van der Waals surface area contributed by atoms with Crippen LogP contribution < -0.4 is 10.6 Å². The number of nitrogens with one attached hydrogen (secondary N) is 2. The smallest absolute Gasteiger partial charge is 0.408 e. The summed E-state index contributed by atoms with van der Waals surface area (Å²) in [6, 6.07) is 17.1. The Labute approximate surface area is 219 Å². The van der Waals surface area contributed by atoms with Crippen molar-refractivity contribution in [3.05, 3.63) is 83.4 Å². The lowest BCUT2D eigenvalue weighted by Crippen LogP contribution is -2.42. The fraction of sp³-hybridized carbons (Fsp3) is 0.296. The van der Waals surface area contributed by atoms with Crippen LogP contribution in [0.25, 0.3) is 0 Å². The predicted octanol–water partition coefficient (Wildman–Crippen LogP) is 2.80. The molecule has 0 unspecified atom stereocenters. The number of carboxylic acid groups (broad SMARTS) is 2. The molecule has 0 aliphatic carbocycles. The highest BCUT2D eigenvalue weighted by Gasteiger charge is 2.23. The van der Waals surface area contributed by atoms with Gasteiger partial charge in [-0.15, -0.1) is 0 Å². The van der Waals surface area contributed by atoms with Crippen molar-refractivity contribution < 1.29 is 43.7 Å². The van der Waals surface area contributed by atoms with Crippen molar-refractivity contribution in [2.24, 2.45) is 0 Å². The number of hydrogen-bond acceptors (Lipinski definition) is 7. The van der Waals surface area contributed by atoms with Crippen LogP contribution in [-0.4, -0.2) is 52.7 Å². The van der Waals surface area contributed by atoms with E-state index in [9.17, 15) is 24.0 Å². The molecule has 0 fully saturated rings. The third-order valence-corrected chi connectivity index (χ3v) is 5.15. The molecular formula is C27H30N2O9. The SMILES string of the molecule is O=C(O)/C=C(/CC(=O)O)C(=O)NCCCC[C@H](NC(=O)OCc1ccccc1)C(=O)OCc1ccccc1. The lowest BCUT2D eigenvalue weighted by Gasteiger charge is -2.18. The van der Waals surface area contributed by atoms with Crippen molar-refractivity contribution in [3.8, 4) is 0 Å². The van der Waals surface area contributed by atoms with Gasteiger partial charge >= 0.3 is 24.0 Å². The number of carbonyl (C=O) groups excluding carboxylic acids is 3. The Bertz CT molecular complexity index is 1120. The van der Waals surface area contributed by atoms with E-state index in [1.165, 1.54) is 0 Å². The van der Waals surface area contributed by atoms with Crippen LogP contribution in [0.2, 0.25) is 0 Å². The molecule has 4 N–H and O–H groups in total. The molecule has 0 aliphatic heterocycles. The van der Waals surface area contributed by atoms with Crippen LogP contribution in [0.15, 0.2) is 72.3 Å². The Kier molecular flexibility index (Phi) is 12.6. The first-order valence-corrected chi connectivity index (χ1v) is 11.9. The number of amides is 2. The van der Waals surface area contributed by atoms with Gasteiger partial charge in [-0.3, -0.25) is 9.59 Å². The quantitative estimate of drug-likeness (QED) is 0.155. The van der Waals surface area contributed by atoms with E-state index in [1.807, 2.05) is 24.3 Å². The van der Waals surface area contributed by atoms with Gasteiger partial charge in [0.05, 0.1) is 6.42 Å². The molecule has 0 aromatic heterocycles. The first-order valence-electron chi connectivity index (χ1n) is 11.9. The molecule has 0 saturated heterocycles. The van der Waals surface area contributed by atoms with E-state index in [2.05, 4.69) is 10.6 Å². The monoisotopic (exact) mass is 526 g/mol. The molecule has 0 saturated carbocycles. The molecule has 2 amide bonds. The lowest BCUT2D eigenvalue weighted by molar-refractivity contribution is -0.147. The minimum Gasteiger partial charge on any atom is -0.481 e. The van der Waals surface area contributed by atoms with Gasteiger partial charge in [-0.25, -0.2) is 14.4 Å². The summed E-state index contributed by atoms with van der Waals surface area (Å²) in [7, 11) is 0. The highest BCUT2D eigenvalue weighted by molar-refractivity contribution is 6.01. The zero-order valence-corrected chi connectivity index (χ0v) is 20.6. The van der Waals surface area contributed by atoms with E-state index in [0.29, 0.717) is 18.9 Å². The third-order valence-electron chi connectivity index (χ3n) is 5.15. The first kappa shape index (κ1) is 29.6. The van der Waals surface area contributed by atoms with Gasteiger partial charge in [-0.1, -0.05) is 60.7 Å². The van der Waals surface area contributed by atoms with Crippen LogP contribution in [0.5, 0.6) is 0 Å². The number of unbranched alkanes of at least 4 members (excludes halogenated alkanes) is 1. The average Bonchev–Trinajstić information content (AvgIpc) is 2.89. The van der Waals surface area contributed by atoms with E-state index in [-0.39, 0.29) is 26.2 Å². The molecule has 0 radical (unpaired) electrons. The number of benzene rings is 2. The highest BCUT2D eigenvalue weighted by Crippen LogP contribution is 2.09. The maximum atomic E-state index is 12.7. The standard InChI is InChI=1S/C27H30N2O9/c30-23(31)15-21(16-24(32)33)25(34)28-14-8-7-13-22(26(35)37-17-19-9-3-1-4-10-19)29-27(36)38-18-20-11-5-2-6-12-20/h1-6,9-12,15,22H,7-8,13-14,16-18H2,(H,28,34)(H,29,36)(H,30,31)(H,32,33)/b21-15-/t22-/m0/s1. The number of hydrogen-bond donors (Lipinski definition) is 4. The van der Waals surface area contributed by atoms with Gasteiger partial charge in [0.2, 0.25) is 5.91 Å². The predicted molar refractivity (Wildman–Crippen MR) is 135 cm³/mol. The van der Waals surface area contributed by atoms with Gasteiger partial charge in [-0.05, 0) is 30.4 Å². The molecule has 1 atom stereocenters. The fourth-order valence-electron chi connectivity index (χ4n) is 3.28. The van der Waals surface area contributed by atoms with Crippen molar-refractivity contribution in [1.29, 1.82) is 0 Å². The Morgan fingerprint density at radius 2 is 1.39 bits per heavy atom. The molecule has 0 heterocycles. The zero-order chi connectivity index (χ0) is 27.8. The summed E-state index contributed by atoms with van der Waals surface area (Å²) in [5.41, 5.74) is 1.16. The molecule has 0 bridgehead atoms. The van der Waals surface area contributed by atoms with Crippen molar-refractivity contribution in [2.75, 3.05) is 6.54 Å². The summed E-state index contributed by atoms with van der Waals surface area (Å²) in [4.78, 5) is 58.9. The van der Waals surface area contributed by atoms with Crippen LogP contribution in [-0.2, 0) is 41.9 Å². The van der Waals surface area contributed by atoms with Crippen molar-refractivity contribution in [3.63, 3.8) is 0 Å². The molecule has 11 heteroatoms. The number of carboxylic acids is 2. The fourth-order valence-corrected chi connectivity index (χ4v) is 3.28. The second kappa shape index (κ2) is 16.1. The number of alkyl carbamates (subject to hydrolysis) is 1. The van der Waals surface area contributed by atoms with Gasteiger partial charge in [0.25, 0.3) is 0 Å². The van der Waals surface area contributed by atoms with E-state index in [0.717, 1.165) is 11.1 Å². The molecule has 2 aromatic rings. The van der Waals surface area contributed by atoms with Crippen LogP contribution in [0.3, 0.4) is 0 Å². The lowest BCUT2D eigenvalue weighted by atomic mass is 10.1. The summed E-state index contributed by atoms with van der Waals surface area (Å²) in [6.45, 7) is 0.141. The van der Waals surface area contributed by atoms with Gasteiger partial charge in [0.15, 0.2) is 0 Å². The second-order valence-corrected chi connectivity index (χ2v) is 8.18. The van der Waals surface area contributed by atoms with Crippen LogP contribution in [0.1, 0.15) is 36.8 Å². The number of rotatable bonds is 15. The van der Waals surface area contributed by atoms with Crippen molar-refractivity contribution in [1.82, 2.24) is 10.6 Å². The van der Waals surface area contributed by atoms with Gasteiger partial charge in [0.1, 0.15) is 19.3 Å². The molecule has 38 heavy (non-hydrogen) atoms. The first-order chi connectivity index (χ1) is 18.2. The number of ether oxygens (including phenoxy) is 2. The second-order valence-electron chi connectivity index (χ2n) is 8.18. The Hall–Kier alpha value is -4.67. The number of carbonyl (C=O) groups is 5. The maximum absolute atomic E-state index is 12.7. The van der Waals surface area contributed by atoms with E-state index in [1.54, 1.807) is 36.4 Å². The summed E-state index contributed by atoms with van der Waals surface area (Å²) in [5.74, 6) is -4.23. The number of esters is 1. The summed E-state index contributed by atoms with van der Waals surface area (Å²) >= 11 is 0. The van der Waals surface area contributed by atoms with Crippen LogP contribution in [0, 0.1) is 0 Å². The summed E-state index contributed by atoms with van der Waals surface area (Å²) < 4.78 is 10.6. The van der Waals surface area contributed by atoms with Gasteiger partial charge < -0.3 is 30.3 Å².